The first-order valence-electron chi connectivity index (χ1n) is 8.15. The van der Waals surface area contributed by atoms with Gasteiger partial charge in [-0.15, -0.1) is 0 Å². The SMILES string of the molecule is Cn1ccc(NC2C3CCC(CC3)C2C(=O)O)c2cc(Cl)nc1-2. The molecule has 0 radical (unpaired) electrons. The van der Waals surface area contributed by atoms with Gasteiger partial charge in [0.15, 0.2) is 0 Å². The van der Waals surface area contributed by atoms with Gasteiger partial charge in [-0.25, -0.2) is 4.98 Å². The Morgan fingerprint density at radius 2 is 2.04 bits per heavy atom. The van der Waals surface area contributed by atoms with E-state index < -0.39 is 5.97 Å². The van der Waals surface area contributed by atoms with Gasteiger partial charge in [0.2, 0.25) is 0 Å². The Labute approximate surface area is 140 Å². The molecule has 2 N–H and O–H groups in total. The molecule has 3 fully saturated rings. The average molecular weight is 334 g/mol. The summed E-state index contributed by atoms with van der Waals surface area (Å²) >= 11 is 6.07. The van der Waals surface area contributed by atoms with Crippen LogP contribution in [0.15, 0.2) is 18.3 Å². The van der Waals surface area contributed by atoms with Gasteiger partial charge in [-0.1, -0.05) is 11.6 Å². The standard InChI is InChI=1S/C17H20ClN3O2/c1-21-7-6-12(11-8-13(18)20-16(11)21)19-15-10-4-2-9(3-5-10)14(15)17(22)23/h6-10,14-15,19H,2-5H2,1H3,(H,22,23). The number of nitrogens with zero attached hydrogens (tertiary/aromatic N) is 2. The third-order valence-electron chi connectivity index (χ3n) is 5.63. The fourth-order valence-corrected chi connectivity index (χ4v) is 4.70. The van der Waals surface area contributed by atoms with E-state index in [0.29, 0.717) is 17.0 Å². The molecule has 2 unspecified atom stereocenters. The third-order valence-corrected chi connectivity index (χ3v) is 5.83. The molecule has 23 heavy (non-hydrogen) atoms. The zero-order valence-corrected chi connectivity index (χ0v) is 13.8. The predicted molar refractivity (Wildman–Crippen MR) is 88.8 cm³/mol. The first-order valence-corrected chi connectivity index (χ1v) is 8.53. The van der Waals surface area contributed by atoms with Crippen molar-refractivity contribution in [2.75, 3.05) is 5.32 Å². The molecule has 5 aliphatic rings. The molecule has 5 nitrogen and oxygen atoms in total. The first-order chi connectivity index (χ1) is 11.0. The number of nitrogens with one attached hydrogen (secondary N) is 1. The van der Waals surface area contributed by atoms with Crippen LogP contribution in [0.2, 0.25) is 5.15 Å². The van der Waals surface area contributed by atoms with Crippen molar-refractivity contribution in [2.24, 2.45) is 24.8 Å². The number of carboxylic acids is 1. The number of hydrogen-bond acceptors (Lipinski definition) is 3. The van der Waals surface area contributed by atoms with E-state index in [1.54, 1.807) is 0 Å². The highest BCUT2D eigenvalue weighted by Gasteiger charge is 2.47. The van der Waals surface area contributed by atoms with Crippen LogP contribution in [0.25, 0.3) is 11.4 Å². The molecule has 3 saturated carbocycles. The maximum Gasteiger partial charge on any atom is 0.308 e. The van der Waals surface area contributed by atoms with Gasteiger partial charge in [0.05, 0.1) is 5.92 Å². The van der Waals surface area contributed by atoms with E-state index in [2.05, 4.69) is 10.3 Å². The fraction of sp³-hybridized carbons (Fsp3) is 0.529. The molecule has 2 heterocycles. The van der Waals surface area contributed by atoms with Gasteiger partial charge < -0.3 is 15.0 Å². The monoisotopic (exact) mass is 333 g/mol. The average Bonchev–Trinajstić information content (AvgIpc) is 2.93. The second-order valence-electron chi connectivity index (χ2n) is 6.87. The summed E-state index contributed by atoms with van der Waals surface area (Å²) in [5, 5.41) is 13.7. The Balaban J connectivity index is 1.70. The van der Waals surface area contributed by atoms with Crippen LogP contribution in [0.1, 0.15) is 25.7 Å². The van der Waals surface area contributed by atoms with Crippen molar-refractivity contribution in [3.63, 3.8) is 0 Å². The van der Waals surface area contributed by atoms with Crippen molar-refractivity contribution >= 4 is 23.3 Å². The molecule has 3 aliphatic carbocycles. The number of aryl methyl sites for hydroxylation is 1. The molecule has 122 valence electrons. The zero-order chi connectivity index (χ0) is 16.1. The molecule has 0 amide bonds. The summed E-state index contributed by atoms with van der Waals surface area (Å²) in [6, 6.07) is 3.82. The summed E-state index contributed by atoms with van der Waals surface area (Å²) in [6.07, 6.45) is 6.27. The quantitative estimate of drug-likeness (QED) is 0.902. The smallest absolute Gasteiger partial charge is 0.308 e. The van der Waals surface area contributed by atoms with Crippen molar-refractivity contribution in [2.45, 2.75) is 31.7 Å². The summed E-state index contributed by atoms with van der Waals surface area (Å²) in [4.78, 5) is 16.1. The van der Waals surface area contributed by atoms with Gasteiger partial charge in [0.25, 0.3) is 0 Å². The molecule has 0 spiro atoms. The van der Waals surface area contributed by atoms with Gasteiger partial charge in [0, 0.05) is 30.5 Å². The number of fused-ring (bicyclic) bond motifs is 4. The molecule has 2 atom stereocenters. The minimum atomic E-state index is -0.673. The summed E-state index contributed by atoms with van der Waals surface area (Å²) in [6.45, 7) is 0. The molecule has 0 aromatic rings. The van der Waals surface area contributed by atoms with Gasteiger partial charge in [-0.05, 0) is 49.7 Å². The van der Waals surface area contributed by atoms with E-state index in [1.807, 2.05) is 29.9 Å². The Morgan fingerprint density at radius 1 is 1.35 bits per heavy atom. The second-order valence-corrected chi connectivity index (χ2v) is 7.25. The highest BCUT2D eigenvalue weighted by molar-refractivity contribution is 6.30. The number of hydrogen-bond donors (Lipinski definition) is 2. The van der Waals surface area contributed by atoms with Gasteiger partial charge in [-0.2, -0.15) is 0 Å². The van der Waals surface area contributed by atoms with E-state index in [1.165, 1.54) is 0 Å². The van der Waals surface area contributed by atoms with Crippen LogP contribution in [0.4, 0.5) is 5.69 Å². The lowest BCUT2D eigenvalue weighted by Gasteiger charge is -2.47. The number of pyridine rings is 1. The van der Waals surface area contributed by atoms with E-state index >= 15 is 0 Å². The van der Waals surface area contributed by atoms with Gasteiger partial charge in [0.1, 0.15) is 11.0 Å². The van der Waals surface area contributed by atoms with Crippen LogP contribution in [0.5, 0.6) is 0 Å². The first kappa shape index (κ1) is 14.8. The van der Waals surface area contributed by atoms with Crippen molar-refractivity contribution in [1.29, 1.82) is 0 Å². The maximum atomic E-state index is 11.8. The molecule has 6 heteroatoms. The van der Waals surface area contributed by atoms with E-state index in [0.717, 1.165) is 42.8 Å². The number of carbonyl (C=O) groups is 1. The molecule has 5 rings (SSSR count). The van der Waals surface area contributed by atoms with Crippen LogP contribution >= 0.6 is 11.6 Å². The third kappa shape index (κ3) is 2.38. The lowest BCUT2D eigenvalue weighted by Crippen LogP contribution is -2.51. The molecule has 2 bridgehead atoms. The minimum absolute atomic E-state index is 0.00965. The van der Waals surface area contributed by atoms with Crippen LogP contribution in [-0.4, -0.2) is 26.7 Å². The van der Waals surface area contributed by atoms with Crippen molar-refractivity contribution in [3.05, 3.63) is 23.5 Å². The summed E-state index contributed by atoms with van der Waals surface area (Å²) in [5.74, 6) is 0.571. The number of aliphatic carboxylic acids is 1. The second kappa shape index (κ2) is 5.41. The highest BCUT2D eigenvalue weighted by Crippen LogP contribution is 2.47. The molecule has 2 aliphatic heterocycles. The van der Waals surface area contributed by atoms with Gasteiger partial charge in [-0.3, -0.25) is 4.79 Å². The lowest BCUT2D eigenvalue weighted by atomic mass is 9.61. The Morgan fingerprint density at radius 3 is 2.74 bits per heavy atom. The molecular formula is C17H20ClN3O2. The number of rotatable bonds is 3. The Kier molecular flexibility index (Phi) is 3.48. The summed E-state index contributed by atoms with van der Waals surface area (Å²) in [7, 11) is 1.93. The normalized spacial score (nSPS) is 29.8. The molecule has 0 aromatic carbocycles. The predicted octanol–water partition coefficient (Wildman–Crippen LogP) is 3.48. The van der Waals surface area contributed by atoms with Crippen LogP contribution in [0.3, 0.4) is 0 Å². The maximum absolute atomic E-state index is 11.8. The minimum Gasteiger partial charge on any atom is -0.481 e. The Hall–Kier alpha value is -1.75. The fourth-order valence-electron chi connectivity index (χ4n) is 4.51. The highest BCUT2D eigenvalue weighted by atomic mass is 35.5. The number of halogens is 1. The lowest BCUT2D eigenvalue weighted by molar-refractivity contribution is -0.148. The van der Waals surface area contributed by atoms with Crippen molar-refractivity contribution in [1.82, 2.24) is 9.55 Å². The number of aromatic nitrogens is 2. The van der Waals surface area contributed by atoms with Crippen LogP contribution < -0.4 is 5.32 Å². The zero-order valence-electron chi connectivity index (χ0n) is 13.0. The van der Waals surface area contributed by atoms with E-state index in [-0.39, 0.29) is 12.0 Å². The van der Waals surface area contributed by atoms with E-state index in [4.69, 9.17) is 11.6 Å². The van der Waals surface area contributed by atoms with Gasteiger partial charge >= 0.3 is 5.97 Å². The molecule has 0 saturated heterocycles. The summed E-state index contributed by atoms with van der Waals surface area (Å²) < 4.78 is 1.92. The number of carboxylic acid groups (broad SMARTS) is 1. The number of anilines is 1. The Bertz CT molecular complexity index is 721. The molecule has 0 aromatic heterocycles. The van der Waals surface area contributed by atoms with Crippen molar-refractivity contribution in [3.8, 4) is 11.4 Å². The van der Waals surface area contributed by atoms with E-state index in [9.17, 15) is 9.90 Å². The topological polar surface area (TPSA) is 67.2 Å². The van der Waals surface area contributed by atoms with Crippen LogP contribution in [0, 0.1) is 17.8 Å². The van der Waals surface area contributed by atoms with Crippen LogP contribution in [-0.2, 0) is 11.8 Å². The largest absolute Gasteiger partial charge is 0.481 e. The van der Waals surface area contributed by atoms with Crippen molar-refractivity contribution < 1.29 is 9.90 Å². The molecular weight excluding hydrogens is 314 g/mol. The summed E-state index contributed by atoms with van der Waals surface area (Å²) in [5.41, 5.74) is 1.88.